The van der Waals surface area contributed by atoms with Crippen molar-refractivity contribution in [1.29, 1.82) is 0 Å². The van der Waals surface area contributed by atoms with Gasteiger partial charge >= 0.3 is 24.1 Å². The fraction of sp³-hybridized carbons (Fsp3) is 0.591. The number of carbonyl (C=O) groups is 6. The summed E-state index contributed by atoms with van der Waals surface area (Å²) in [5, 5.41) is 4.81. The summed E-state index contributed by atoms with van der Waals surface area (Å²) in [6.45, 7) is 14.3. The van der Waals surface area contributed by atoms with Gasteiger partial charge in [0.15, 0.2) is 0 Å². The molecule has 5 unspecified atom stereocenters. The van der Waals surface area contributed by atoms with Crippen molar-refractivity contribution in [3.8, 4) is 0 Å². The second-order valence-corrected chi connectivity index (χ2v) is 21.0. The number of aromatic nitrogens is 2. The quantitative estimate of drug-likeness (QED) is 0.157. The van der Waals surface area contributed by atoms with Crippen LogP contribution in [-0.4, -0.2) is 104 Å². The highest BCUT2D eigenvalue weighted by molar-refractivity contribution is 7.10. The molecule has 5 aliphatic heterocycles. The molecule has 3 saturated heterocycles. The molecule has 17 nitrogen and oxygen atoms in total. The summed E-state index contributed by atoms with van der Waals surface area (Å²) < 4.78 is 10.4. The van der Waals surface area contributed by atoms with Gasteiger partial charge in [-0.1, -0.05) is 46.8 Å². The molecular weight excluding hydrogens is 847 g/mol. The van der Waals surface area contributed by atoms with Crippen LogP contribution >= 0.6 is 22.7 Å². The number of ether oxygens (including phenoxy) is 2. The van der Waals surface area contributed by atoms with Gasteiger partial charge in [-0.15, -0.1) is 22.7 Å². The molecule has 338 valence electrons. The number of rotatable bonds is 11. The maximum Gasteiger partial charge on any atom is 0.412 e. The van der Waals surface area contributed by atoms with Crippen LogP contribution < -0.4 is 27.8 Å². The third kappa shape index (κ3) is 6.11. The first kappa shape index (κ1) is 44.6. The summed E-state index contributed by atoms with van der Waals surface area (Å²) in [5.74, 6) is -5.17. The summed E-state index contributed by atoms with van der Waals surface area (Å²) in [6.07, 6.45) is 0.662. The average molecular weight is 904 g/mol. The van der Waals surface area contributed by atoms with Gasteiger partial charge < -0.3 is 37.3 Å². The zero-order valence-corrected chi connectivity index (χ0v) is 38.3. The topological polar surface area (TPSA) is 260 Å². The van der Waals surface area contributed by atoms with Gasteiger partial charge in [0, 0.05) is 65.5 Å². The number of anilines is 1. The van der Waals surface area contributed by atoms with E-state index in [2.05, 4.69) is 49.9 Å². The van der Waals surface area contributed by atoms with E-state index in [1.165, 1.54) is 22.7 Å². The van der Waals surface area contributed by atoms with Gasteiger partial charge in [-0.3, -0.25) is 19.4 Å². The Morgan fingerprint density at radius 1 is 0.651 bits per heavy atom. The van der Waals surface area contributed by atoms with Gasteiger partial charge in [0.05, 0.1) is 22.2 Å². The van der Waals surface area contributed by atoms with E-state index in [9.17, 15) is 28.8 Å². The number of hydrogen-bond donors (Lipinski definition) is 4. The Hall–Kier alpha value is -4.98. The van der Waals surface area contributed by atoms with Gasteiger partial charge in [-0.05, 0) is 75.5 Å². The number of hydrogen-bond acceptors (Lipinski definition) is 15. The zero-order chi connectivity index (χ0) is 45.8. The number of thiazole rings is 2. The van der Waals surface area contributed by atoms with Gasteiger partial charge in [0.1, 0.15) is 10.0 Å². The number of primary amides is 4. The smallest absolute Gasteiger partial charge is 0.375 e. The largest absolute Gasteiger partial charge is 0.412 e. The van der Waals surface area contributed by atoms with Crippen LogP contribution in [0.4, 0.5) is 15.3 Å². The van der Waals surface area contributed by atoms with Crippen LogP contribution in [0.25, 0.3) is 0 Å². The van der Waals surface area contributed by atoms with Gasteiger partial charge in [0.25, 0.3) is 11.8 Å². The SMILES string of the molecule is CC1c2csc(n2)[C@]1(C)[C@](C(N)=O)(C(=O)OC(N)=O)N1CCCC1C1CC[C@H](C2CCCN2[C@@](C(N)=O)(C(=O)OC(N)=O)[C@@]2(C)c3nc(cs3)C2C)N1c1ccc(C(C)(C)C)cc1. The second-order valence-electron chi connectivity index (χ2n) is 19.3. The monoisotopic (exact) mass is 903 g/mol. The molecule has 19 heteroatoms. The summed E-state index contributed by atoms with van der Waals surface area (Å²) in [5.41, 5.74) is 20.1. The minimum atomic E-state index is -2.21. The van der Waals surface area contributed by atoms with E-state index in [0.29, 0.717) is 59.9 Å². The van der Waals surface area contributed by atoms with Crippen LogP contribution in [0.3, 0.4) is 0 Å². The van der Waals surface area contributed by atoms with Gasteiger partial charge in [-0.2, -0.15) is 0 Å². The number of nitrogens with zero attached hydrogens (tertiary/aromatic N) is 5. The van der Waals surface area contributed by atoms with Crippen molar-refractivity contribution in [1.82, 2.24) is 19.8 Å². The minimum Gasteiger partial charge on any atom is -0.375 e. The molecule has 10 atom stereocenters. The van der Waals surface area contributed by atoms with E-state index in [4.69, 9.17) is 42.4 Å². The normalized spacial score (nSPS) is 31.1. The van der Waals surface area contributed by atoms with Crippen molar-refractivity contribution < 1.29 is 38.2 Å². The lowest BCUT2D eigenvalue weighted by Crippen LogP contribution is -2.76. The van der Waals surface area contributed by atoms with Crippen LogP contribution in [0, 0.1) is 0 Å². The van der Waals surface area contributed by atoms with E-state index in [1.807, 2.05) is 34.4 Å². The standard InChI is InChI=1S/C44H57N9O8S2/c1-22-26-20-62-34(49-26)41(22,6)43(32(45)54,36(56)60-38(47)58)51-18-8-10-28(51)30-16-17-31(53(30)25-14-12-24(13-15-25)40(3,4)5)29-11-9-19-52(29)44(33(46)55,37(57)61-39(48)59)42(7)23(2)27-21-63-35(42)50-27/h12-15,20-23,28-31H,8-11,16-19H2,1-7H3,(H2,45,54)(H2,46,55)(H2,47,58)(H2,48,59)/t22?,23?,28?,29?,30-,31?,41-,42-,43+,44+/m1/s1. The number of nitrogens with two attached hydrogens (primary N) is 4. The molecule has 3 fully saturated rings. The van der Waals surface area contributed by atoms with Gasteiger partial charge in [0.2, 0.25) is 11.1 Å². The van der Waals surface area contributed by atoms with E-state index in [-0.39, 0.29) is 30.6 Å². The number of esters is 2. The number of benzene rings is 1. The predicted octanol–water partition coefficient (Wildman–Crippen LogP) is 4.01. The number of carbonyl (C=O) groups excluding carboxylic acids is 6. The lowest BCUT2D eigenvalue weighted by atomic mass is 9.62. The van der Waals surface area contributed by atoms with Crippen molar-refractivity contribution in [2.45, 2.75) is 150 Å². The first-order valence-electron chi connectivity index (χ1n) is 21.6. The minimum absolute atomic E-state index is 0.164. The zero-order valence-electron chi connectivity index (χ0n) is 36.7. The van der Waals surface area contributed by atoms with Crippen molar-refractivity contribution in [3.05, 3.63) is 62.0 Å². The fourth-order valence-corrected chi connectivity index (χ4v) is 14.7. The Kier molecular flexibility index (Phi) is 10.9. The summed E-state index contributed by atoms with van der Waals surface area (Å²) in [7, 11) is 0. The van der Waals surface area contributed by atoms with E-state index in [0.717, 1.165) is 11.3 Å². The average Bonchev–Trinajstić information content (AvgIpc) is 4.06. The van der Waals surface area contributed by atoms with Crippen LogP contribution in [-0.2, 0) is 44.9 Å². The van der Waals surface area contributed by atoms with E-state index in [1.54, 1.807) is 13.8 Å². The third-order valence-corrected chi connectivity index (χ3v) is 17.8. The van der Waals surface area contributed by atoms with Crippen molar-refractivity contribution in [2.24, 2.45) is 22.9 Å². The number of likely N-dealkylation sites (tertiary alicyclic amines) is 2. The fourth-order valence-electron chi connectivity index (χ4n) is 12.3. The highest BCUT2D eigenvalue weighted by Gasteiger charge is 2.73. The molecule has 3 aromatic rings. The molecule has 4 amide bonds. The molecule has 0 saturated carbocycles. The molecule has 8 rings (SSSR count). The maximum absolute atomic E-state index is 14.7. The van der Waals surface area contributed by atoms with Gasteiger partial charge in [-0.25, -0.2) is 29.1 Å². The molecule has 0 spiro atoms. The molecule has 63 heavy (non-hydrogen) atoms. The molecule has 1 aromatic carbocycles. The Bertz CT molecular complexity index is 2250. The van der Waals surface area contributed by atoms with Crippen LogP contribution in [0.5, 0.6) is 0 Å². The van der Waals surface area contributed by atoms with Crippen molar-refractivity contribution >= 4 is 64.3 Å². The van der Waals surface area contributed by atoms with E-state index >= 15 is 0 Å². The first-order valence-corrected chi connectivity index (χ1v) is 23.3. The number of fused-ring (bicyclic) bond motifs is 4. The summed E-state index contributed by atoms with van der Waals surface area (Å²) in [4.78, 5) is 98.7. The van der Waals surface area contributed by atoms with Crippen LogP contribution in [0.2, 0.25) is 0 Å². The Morgan fingerprint density at radius 2 is 1.05 bits per heavy atom. The highest BCUT2D eigenvalue weighted by atomic mass is 32.1. The Labute approximate surface area is 374 Å². The number of amides is 4. The summed E-state index contributed by atoms with van der Waals surface area (Å²) >= 11 is 2.63. The third-order valence-electron chi connectivity index (χ3n) is 15.6. The molecule has 0 aliphatic carbocycles. The molecule has 0 radical (unpaired) electrons. The van der Waals surface area contributed by atoms with Crippen LogP contribution in [0.15, 0.2) is 35.0 Å². The molecular formula is C44H57N9O8S2. The molecule has 7 heterocycles. The van der Waals surface area contributed by atoms with Crippen molar-refractivity contribution in [2.75, 3.05) is 18.0 Å². The molecule has 2 aromatic heterocycles. The van der Waals surface area contributed by atoms with E-state index < -0.39 is 81.8 Å². The molecule has 8 N–H and O–H groups in total. The van der Waals surface area contributed by atoms with Crippen LogP contribution in [0.1, 0.15) is 126 Å². The molecule has 5 aliphatic rings. The second kappa shape index (κ2) is 15.3. The summed E-state index contributed by atoms with van der Waals surface area (Å²) in [6, 6.07) is 6.50. The Balaban J connectivity index is 1.28. The maximum atomic E-state index is 14.7. The lowest BCUT2D eigenvalue weighted by molar-refractivity contribution is -0.167. The predicted molar refractivity (Wildman–Crippen MR) is 235 cm³/mol. The first-order chi connectivity index (χ1) is 29.6. The van der Waals surface area contributed by atoms with Crippen molar-refractivity contribution in [3.63, 3.8) is 0 Å². The highest BCUT2D eigenvalue weighted by Crippen LogP contribution is 2.59. The Morgan fingerprint density at radius 3 is 1.37 bits per heavy atom. The molecule has 4 bridgehead atoms. The lowest BCUT2D eigenvalue weighted by Gasteiger charge is -2.54.